The Morgan fingerprint density at radius 3 is 2.53 bits per heavy atom. The molecule has 2 aliphatic rings. The number of nitrogens with one attached hydrogen (secondary N) is 1. The minimum absolute atomic E-state index is 0.163. The van der Waals surface area contributed by atoms with Gasteiger partial charge in [-0.25, -0.2) is 19.6 Å². The summed E-state index contributed by atoms with van der Waals surface area (Å²) >= 11 is 6.47. The van der Waals surface area contributed by atoms with E-state index in [-0.39, 0.29) is 6.10 Å². The first kappa shape index (κ1) is 33.1. The van der Waals surface area contributed by atoms with Crippen LogP contribution in [-0.4, -0.2) is 98.2 Å². The molecule has 47 heavy (non-hydrogen) atoms. The molecule has 1 N–H and O–H groups in total. The van der Waals surface area contributed by atoms with E-state index in [0.29, 0.717) is 54.4 Å². The van der Waals surface area contributed by atoms with Crippen LogP contribution in [0.1, 0.15) is 51.5 Å². The van der Waals surface area contributed by atoms with Crippen LogP contribution in [0.4, 0.5) is 11.6 Å². The molecule has 1 atom stereocenters. The number of benzene rings is 1. The Morgan fingerprint density at radius 2 is 1.79 bits per heavy atom. The average molecular weight is 666 g/mol. The molecule has 2 fully saturated rings. The van der Waals surface area contributed by atoms with E-state index in [1.807, 2.05) is 31.3 Å². The summed E-state index contributed by atoms with van der Waals surface area (Å²) in [7, 11) is 1.71. The largest absolute Gasteiger partial charge is 0.487 e. The first-order chi connectivity index (χ1) is 23.1. The van der Waals surface area contributed by atoms with Gasteiger partial charge in [0.05, 0.1) is 43.6 Å². The summed E-state index contributed by atoms with van der Waals surface area (Å²) in [6, 6.07) is 6.59. The van der Waals surface area contributed by atoms with Crippen LogP contribution in [0.3, 0.4) is 0 Å². The van der Waals surface area contributed by atoms with Crippen LogP contribution in [0.2, 0.25) is 5.02 Å². The van der Waals surface area contributed by atoms with Crippen molar-refractivity contribution in [2.75, 3.05) is 51.9 Å². The fourth-order valence-electron chi connectivity index (χ4n) is 6.18. The van der Waals surface area contributed by atoms with Crippen LogP contribution in [0.5, 0.6) is 11.6 Å². The van der Waals surface area contributed by atoms with E-state index in [1.54, 1.807) is 30.5 Å². The third-order valence-electron chi connectivity index (χ3n) is 8.68. The minimum Gasteiger partial charge on any atom is -0.487 e. The lowest BCUT2D eigenvalue weighted by molar-refractivity contribution is 0.00503. The Morgan fingerprint density at radius 1 is 1.02 bits per heavy atom. The molecule has 1 aliphatic carbocycles. The normalized spacial score (nSPS) is 19.4. The number of hydrogen-bond donors (Lipinski definition) is 1. The predicted molar refractivity (Wildman–Crippen MR) is 178 cm³/mol. The summed E-state index contributed by atoms with van der Waals surface area (Å²) in [5.41, 5.74) is 2.48. The molecule has 0 radical (unpaired) electrons. The highest BCUT2D eigenvalue weighted by molar-refractivity contribution is 6.32. The smallest absolute Gasteiger partial charge is 0.256 e. The summed E-state index contributed by atoms with van der Waals surface area (Å²) in [6.45, 7) is 7.50. The molecule has 4 heterocycles. The summed E-state index contributed by atoms with van der Waals surface area (Å²) in [4.78, 5) is 15.8. The summed E-state index contributed by atoms with van der Waals surface area (Å²) in [5, 5.41) is 12.9. The highest BCUT2D eigenvalue weighted by Crippen LogP contribution is 2.35. The second kappa shape index (κ2) is 16.4. The van der Waals surface area contributed by atoms with E-state index in [1.165, 1.54) is 6.33 Å². The van der Waals surface area contributed by atoms with Crippen LogP contribution in [-0.2, 0) is 16.0 Å². The zero-order valence-electron chi connectivity index (χ0n) is 27.1. The van der Waals surface area contributed by atoms with Crippen molar-refractivity contribution in [3.63, 3.8) is 0 Å². The standard InChI is InChI=1S/C33H44ClN9O4/c1-24(20-42-23-35-22-38-42)47-31-17-25(5-10-29(31)34)26-18-36-33(37-19-26)39-30-21-43(40-32(30)46-14-4-3-13-44-2)28-8-6-27(7-9-28)41-11-15-45-16-12-41/h5,10,17-19,21-24,27-28H,3-4,6-9,11-16,20H2,1-2H3,(H,36,37,39)/t24-,27?,28?/m0/s1. The molecule has 3 aromatic heterocycles. The van der Waals surface area contributed by atoms with Crippen LogP contribution in [0, 0.1) is 0 Å². The quantitative estimate of drug-likeness (QED) is 0.164. The van der Waals surface area contributed by atoms with Crippen molar-refractivity contribution < 1.29 is 18.9 Å². The fourth-order valence-corrected chi connectivity index (χ4v) is 6.34. The van der Waals surface area contributed by atoms with Gasteiger partial charge in [-0.15, -0.1) is 5.10 Å². The molecule has 14 heteroatoms. The van der Waals surface area contributed by atoms with E-state index in [4.69, 9.17) is 35.6 Å². The monoisotopic (exact) mass is 665 g/mol. The highest BCUT2D eigenvalue weighted by Gasteiger charge is 2.29. The Kier molecular flexibility index (Phi) is 11.5. The van der Waals surface area contributed by atoms with E-state index in [9.17, 15) is 0 Å². The maximum Gasteiger partial charge on any atom is 0.256 e. The van der Waals surface area contributed by atoms with E-state index in [0.717, 1.165) is 81.6 Å². The molecule has 0 amide bonds. The van der Waals surface area contributed by atoms with Gasteiger partial charge >= 0.3 is 0 Å². The summed E-state index contributed by atoms with van der Waals surface area (Å²) in [6.07, 6.45) is 14.9. The molecule has 1 saturated heterocycles. The maximum absolute atomic E-state index is 6.47. The number of morpholine rings is 1. The molecular formula is C33H44ClN9O4. The molecule has 0 spiro atoms. The molecule has 0 unspecified atom stereocenters. The van der Waals surface area contributed by atoms with E-state index < -0.39 is 0 Å². The van der Waals surface area contributed by atoms with Gasteiger partial charge in [0.25, 0.3) is 5.88 Å². The highest BCUT2D eigenvalue weighted by atomic mass is 35.5. The van der Waals surface area contributed by atoms with Crippen molar-refractivity contribution in [1.29, 1.82) is 0 Å². The Labute approximate surface area is 280 Å². The summed E-state index contributed by atoms with van der Waals surface area (Å²) < 4.78 is 26.8. The maximum atomic E-state index is 6.47. The number of halogens is 1. The van der Waals surface area contributed by atoms with E-state index in [2.05, 4.69) is 34.9 Å². The van der Waals surface area contributed by atoms with Gasteiger partial charge in [0.2, 0.25) is 5.95 Å². The molecule has 1 saturated carbocycles. The second-order valence-corrected chi connectivity index (χ2v) is 12.5. The number of anilines is 2. The SMILES string of the molecule is COCCCCOc1nn(C2CCC(N3CCOCC3)CC2)cc1Nc1ncc(-c2ccc(Cl)c(O[C@@H](C)Cn3cncn3)c2)cn1. The van der Waals surface area contributed by atoms with Crippen molar-refractivity contribution in [3.8, 4) is 22.8 Å². The topological polar surface area (TPSA) is 127 Å². The Bertz CT molecular complexity index is 1520. The lowest BCUT2D eigenvalue weighted by Gasteiger charge is -2.38. The van der Waals surface area contributed by atoms with E-state index >= 15 is 0 Å². The molecule has 0 bridgehead atoms. The third kappa shape index (κ3) is 8.98. The number of unbranched alkanes of at least 4 members (excludes halogenated alkanes) is 1. The van der Waals surface area contributed by atoms with Gasteiger partial charge in [-0.05, 0) is 63.1 Å². The second-order valence-electron chi connectivity index (χ2n) is 12.1. The van der Waals surface area contributed by atoms with Crippen LogP contribution in [0.15, 0.2) is 49.4 Å². The number of hydrogen-bond acceptors (Lipinski definition) is 11. The van der Waals surface area contributed by atoms with Gasteiger partial charge in [0.15, 0.2) is 0 Å². The first-order valence-corrected chi connectivity index (χ1v) is 16.8. The Hall–Kier alpha value is -3.78. The van der Waals surface area contributed by atoms with Gasteiger partial charge in [0, 0.05) is 50.8 Å². The summed E-state index contributed by atoms with van der Waals surface area (Å²) in [5.74, 6) is 1.60. The number of aromatic nitrogens is 7. The zero-order valence-corrected chi connectivity index (χ0v) is 27.9. The van der Waals surface area contributed by atoms with Gasteiger partial charge in [-0.2, -0.15) is 5.10 Å². The number of nitrogens with zero attached hydrogens (tertiary/aromatic N) is 8. The van der Waals surface area contributed by atoms with Gasteiger partial charge in [0.1, 0.15) is 30.2 Å². The van der Waals surface area contributed by atoms with Crippen molar-refractivity contribution >= 4 is 23.2 Å². The molecule has 6 rings (SSSR count). The first-order valence-electron chi connectivity index (χ1n) is 16.5. The lowest BCUT2D eigenvalue weighted by atomic mass is 9.90. The van der Waals surface area contributed by atoms with Crippen molar-refractivity contribution in [2.24, 2.45) is 0 Å². The number of ether oxygens (including phenoxy) is 4. The predicted octanol–water partition coefficient (Wildman–Crippen LogP) is 5.42. The van der Waals surface area contributed by atoms with Gasteiger partial charge in [-0.1, -0.05) is 17.7 Å². The molecular weight excluding hydrogens is 622 g/mol. The molecule has 13 nitrogen and oxygen atoms in total. The molecule has 4 aromatic rings. The zero-order chi connectivity index (χ0) is 32.4. The lowest BCUT2D eigenvalue weighted by Crippen LogP contribution is -2.45. The van der Waals surface area contributed by atoms with Gasteiger partial charge < -0.3 is 24.3 Å². The Balaban J connectivity index is 1.11. The van der Waals surface area contributed by atoms with Gasteiger partial charge in [-0.3, -0.25) is 9.58 Å². The number of methoxy groups -OCH3 is 1. The van der Waals surface area contributed by atoms with Crippen LogP contribution in [0.25, 0.3) is 11.1 Å². The van der Waals surface area contributed by atoms with Crippen molar-refractivity contribution in [2.45, 2.75) is 70.2 Å². The molecule has 1 aromatic carbocycles. The van der Waals surface area contributed by atoms with Crippen LogP contribution >= 0.6 is 11.6 Å². The minimum atomic E-state index is -0.163. The average Bonchev–Trinajstić information content (AvgIpc) is 3.76. The molecule has 252 valence electrons. The third-order valence-corrected chi connectivity index (χ3v) is 9.00. The fraction of sp³-hybridized carbons (Fsp3) is 0.545. The van der Waals surface area contributed by atoms with Crippen LogP contribution < -0.4 is 14.8 Å². The number of rotatable bonds is 15. The van der Waals surface area contributed by atoms with Crippen molar-refractivity contribution in [1.82, 2.24) is 39.4 Å². The van der Waals surface area contributed by atoms with Crippen molar-refractivity contribution in [3.05, 3.63) is 54.5 Å². The molecule has 1 aliphatic heterocycles.